The summed E-state index contributed by atoms with van der Waals surface area (Å²) in [5.74, 6) is 1.91. The van der Waals surface area contributed by atoms with Crippen LogP contribution in [0.2, 0.25) is 0 Å². The van der Waals surface area contributed by atoms with Gasteiger partial charge >= 0.3 is 0 Å². The van der Waals surface area contributed by atoms with Gasteiger partial charge in [0.25, 0.3) is 0 Å². The van der Waals surface area contributed by atoms with Gasteiger partial charge in [-0.3, -0.25) is 4.57 Å². The molecule has 0 radical (unpaired) electrons. The quantitative estimate of drug-likeness (QED) is 0.842. The van der Waals surface area contributed by atoms with Crippen molar-refractivity contribution < 1.29 is 0 Å². The topological polar surface area (TPSA) is 56.7 Å². The van der Waals surface area contributed by atoms with Crippen LogP contribution in [0.3, 0.4) is 0 Å². The molecule has 0 bridgehead atoms. The van der Waals surface area contributed by atoms with Crippen LogP contribution in [0.25, 0.3) is 0 Å². The number of nitrogen functional groups attached to an aromatic ring is 1. The zero-order valence-electron chi connectivity index (χ0n) is 10.7. The molecule has 96 valence electrons. The van der Waals surface area contributed by atoms with Gasteiger partial charge in [-0.1, -0.05) is 55.9 Å². The number of nitrogens with zero attached hydrogens (tertiary/aromatic N) is 3. The summed E-state index contributed by atoms with van der Waals surface area (Å²) < 4.78 is 1.98. The first-order valence-corrected chi connectivity index (χ1v) is 7.00. The summed E-state index contributed by atoms with van der Waals surface area (Å²) in [6, 6.07) is 10.3. The van der Waals surface area contributed by atoms with E-state index in [1.54, 1.807) is 11.8 Å². The minimum atomic E-state index is 0.499. The maximum Gasteiger partial charge on any atom is 0.222 e. The molecule has 0 aliphatic rings. The first kappa shape index (κ1) is 13.0. The molecular formula is C13H18N4S. The van der Waals surface area contributed by atoms with Crippen molar-refractivity contribution in [3.63, 3.8) is 0 Å². The highest BCUT2D eigenvalue weighted by molar-refractivity contribution is 7.98. The molecule has 0 atom stereocenters. The van der Waals surface area contributed by atoms with Crippen LogP contribution >= 0.6 is 11.8 Å². The number of hydrogen-bond donors (Lipinski definition) is 1. The summed E-state index contributed by atoms with van der Waals surface area (Å²) in [6.07, 6.45) is 0. The molecule has 0 amide bonds. The molecule has 0 aliphatic carbocycles. The molecule has 0 unspecified atom stereocenters. The van der Waals surface area contributed by atoms with Gasteiger partial charge in [0.1, 0.15) is 0 Å². The Morgan fingerprint density at radius 1 is 1.22 bits per heavy atom. The second kappa shape index (κ2) is 5.91. The summed E-state index contributed by atoms with van der Waals surface area (Å²) in [6.45, 7) is 5.17. The number of hydrogen-bond acceptors (Lipinski definition) is 4. The second-order valence-corrected chi connectivity index (χ2v) is 5.56. The van der Waals surface area contributed by atoms with Gasteiger partial charge in [0.15, 0.2) is 5.16 Å². The standard InChI is InChI=1S/C13H18N4S/c1-10(2)8-17-12(14)15-16-13(17)18-9-11-6-4-3-5-7-11/h3-7,10H,8-9H2,1-2H3,(H2,14,15). The van der Waals surface area contributed by atoms with Crippen LogP contribution in [0.5, 0.6) is 0 Å². The van der Waals surface area contributed by atoms with Crippen LogP contribution < -0.4 is 5.73 Å². The lowest BCUT2D eigenvalue weighted by molar-refractivity contribution is 0.499. The van der Waals surface area contributed by atoms with Crippen molar-refractivity contribution in [1.82, 2.24) is 14.8 Å². The highest BCUT2D eigenvalue weighted by Crippen LogP contribution is 2.23. The van der Waals surface area contributed by atoms with Gasteiger partial charge in [0.2, 0.25) is 5.95 Å². The van der Waals surface area contributed by atoms with Gasteiger partial charge in [-0.15, -0.1) is 10.2 Å². The molecule has 1 aromatic carbocycles. The summed E-state index contributed by atoms with van der Waals surface area (Å²) >= 11 is 1.67. The first-order chi connectivity index (χ1) is 8.66. The van der Waals surface area contributed by atoms with Gasteiger partial charge in [0.05, 0.1) is 0 Å². The fourth-order valence-electron chi connectivity index (χ4n) is 1.67. The van der Waals surface area contributed by atoms with E-state index in [9.17, 15) is 0 Å². The van der Waals surface area contributed by atoms with Crippen LogP contribution in [0.4, 0.5) is 5.95 Å². The van der Waals surface area contributed by atoms with Gasteiger partial charge in [-0.05, 0) is 11.5 Å². The van der Waals surface area contributed by atoms with E-state index in [0.717, 1.165) is 17.5 Å². The second-order valence-electron chi connectivity index (χ2n) is 4.62. The zero-order chi connectivity index (χ0) is 13.0. The molecule has 1 aromatic heterocycles. The molecule has 0 aliphatic heterocycles. The molecule has 2 N–H and O–H groups in total. The molecule has 4 nitrogen and oxygen atoms in total. The van der Waals surface area contributed by atoms with E-state index in [0.29, 0.717) is 11.9 Å². The van der Waals surface area contributed by atoms with E-state index in [1.807, 2.05) is 22.8 Å². The van der Waals surface area contributed by atoms with Crippen molar-refractivity contribution in [1.29, 1.82) is 0 Å². The Kier molecular flexibility index (Phi) is 4.25. The minimum Gasteiger partial charge on any atom is -0.368 e. The van der Waals surface area contributed by atoms with Crippen molar-refractivity contribution in [3.05, 3.63) is 35.9 Å². The van der Waals surface area contributed by atoms with E-state index in [2.05, 4.69) is 36.2 Å². The number of anilines is 1. The molecule has 0 spiro atoms. The van der Waals surface area contributed by atoms with Crippen molar-refractivity contribution in [2.45, 2.75) is 31.3 Å². The lowest BCUT2D eigenvalue weighted by Crippen LogP contribution is -2.09. The van der Waals surface area contributed by atoms with Crippen molar-refractivity contribution in [2.75, 3.05) is 5.73 Å². The Morgan fingerprint density at radius 2 is 1.94 bits per heavy atom. The summed E-state index contributed by atoms with van der Waals surface area (Å²) in [5.41, 5.74) is 7.11. The molecule has 18 heavy (non-hydrogen) atoms. The van der Waals surface area contributed by atoms with Crippen LogP contribution in [0.1, 0.15) is 19.4 Å². The fourth-order valence-corrected chi connectivity index (χ4v) is 2.58. The predicted octanol–water partition coefficient (Wildman–Crippen LogP) is 2.81. The Balaban J connectivity index is 2.05. The third kappa shape index (κ3) is 3.26. The minimum absolute atomic E-state index is 0.499. The Morgan fingerprint density at radius 3 is 2.61 bits per heavy atom. The Hall–Kier alpha value is -1.49. The monoisotopic (exact) mass is 262 g/mol. The van der Waals surface area contributed by atoms with E-state index >= 15 is 0 Å². The van der Waals surface area contributed by atoms with Crippen LogP contribution in [0, 0.1) is 5.92 Å². The SMILES string of the molecule is CC(C)Cn1c(N)nnc1SCc1ccccc1. The lowest BCUT2D eigenvalue weighted by atomic mass is 10.2. The van der Waals surface area contributed by atoms with Crippen LogP contribution in [0.15, 0.2) is 35.5 Å². The highest BCUT2D eigenvalue weighted by Gasteiger charge is 2.11. The van der Waals surface area contributed by atoms with Gasteiger partial charge in [-0.2, -0.15) is 0 Å². The smallest absolute Gasteiger partial charge is 0.222 e. The summed E-state index contributed by atoms with van der Waals surface area (Å²) in [7, 11) is 0. The van der Waals surface area contributed by atoms with Crippen molar-refractivity contribution >= 4 is 17.7 Å². The largest absolute Gasteiger partial charge is 0.368 e. The normalized spacial score (nSPS) is 11.1. The molecule has 0 fully saturated rings. The molecule has 0 saturated heterocycles. The average Bonchev–Trinajstić information content (AvgIpc) is 2.69. The number of rotatable bonds is 5. The third-order valence-corrected chi connectivity index (χ3v) is 3.54. The third-order valence-electron chi connectivity index (χ3n) is 2.50. The van der Waals surface area contributed by atoms with Crippen LogP contribution in [-0.2, 0) is 12.3 Å². The number of nitrogens with two attached hydrogens (primary N) is 1. The van der Waals surface area contributed by atoms with E-state index in [4.69, 9.17) is 5.73 Å². The van der Waals surface area contributed by atoms with Crippen LogP contribution in [-0.4, -0.2) is 14.8 Å². The predicted molar refractivity (Wildman–Crippen MR) is 75.3 cm³/mol. The Bertz CT molecular complexity index is 493. The van der Waals surface area contributed by atoms with E-state index < -0.39 is 0 Å². The summed E-state index contributed by atoms with van der Waals surface area (Å²) in [4.78, 5) is 0. The van der Waals surface area contributed by atoms with Gasteiger partial charge in [-0.25, -0.2) is 0 Å². The molecule has 1 heterocycles. The number of aromatic nitrogens is 3. The lowest BCUT2D eigenvalue weighted by Gasteiger charge is -2.10. The maximum atomic E-state index is 5.83. The van der Waals surface area contributed by atoms with Gasteiger partial charge in [0, 0.05) is 12.3 Å². The van der Waals surface area contributed by atoms with Crippen molar-refractivity contribution in [3.8, 4) is 0 Å². The zero-order valence-corrected chi connectivity index (χ0v) is 11.5. The van der Waals surface area contributed by atoms with E-state index in [-0.39, 0.29) is 0 Å². The molecule has 2 aromatic rings. The van der Waals surface area contributed by atoms with Crippen molar-refractivity contribution in [2.24, 2.45) is 5.92 Å². The van der Waals surface area contributed by atoms with Gasteiger partial charge < -0.3 is 5.73 Å². The first-order valence-electron chi connectivity index (χ1n) is 6.02. The van der Waals surface area contributed by atoms with E-state index in [1.165, 1.54) is 5.56 Å². The number of benzene rings is 1. The number of thioether (sulfide) groups is 1. The molecule has 5 heteroatoms. The fraction of sp³-hybridized carbons (Fsp3) is 0.385. The maximum absolute atomic E-state index is 5.83. The molecule has 2 rings (SSSR count). The average molecular weight is 262 g/mol. The molecule has 0 saturated carbocycles. The summed E-state index contributed by atoms with van der Waals surface area (Å²) in [5, 5.41) is 8.98. The highest BCUT2D eigenvalue weighted by atomic mass is 32.2. The Labute approximate surface area is 112 Å². The molecular weight excluding hydrogens is 244 g/mol.